The maximum Gasteiger partial charge on any atom is 0.221 e. The van der Waals surface area contributed by atoms with Gasteiger partial charge in [0.2, 0.25) is 5.90 Å². The van der Waals surface area contributed by atoms with Crippen LogP contribution in [-0.4, -0.2) is 12.0 Å². The van der Waals surface area contributed by atoms with Crippen molar-refractivity contribution in [1.82, 2.24) is 0 Å². The first kappa shape index (κ1) is 13.3. The zero-order valence-electron chi connectivity index (χ0n) is 11.4. The summed E-state index contributed by atoms with van der Waals surface area (Å²) in [6, 6.07) is 19.9. The largest absolute Gasteiger partial charge is 0.474 e. The molecule has 2 aromatic rings. The van der Waals surface area contributed by atoms with E-state index in [1.165, 1.54) is 0 Å². The van der Waals surface area contributed by atoms with Crippen molar-refractivity contribution in [2.75, 3.05) is 0 Å². The molecule has 0 amide bonds. The molecule has 0 radical (unpaired) electrons. The number of hydrogen-bond acceptors (Lipinski definition) is 2. The highest BCUT2D eigenvalue weighted by molar-refractivity contribution is 5.95. The zero-order valence-corrected chi connectivity index (χ0v) is 11.4. The SMILES string of the molecule is CCC(C)OC(=Nc1ccccc1)c1ccccc1. The van der Waals surface area contributed by atoms with E-state index in [-0.39, 0.29) is 6.10 Å². The van der Waals surface area contributed by atoms with Crippen molar-refractivity contribution in [3.05, 3.63) is 66.2 Å². The molecule has 98 valence electrons. The molecule has 0 fully saturated rings. The van der Waals surface area contributed by atoms with Crippen LogP contribution in [0.2, 0.25) is 0 Å². The van der Waals surface area contributed by atoms with Crippen molar-refractivity contribution in [2.45, 2.75) is 26.4 Å². The summed E-state index contributed by atoms with van der Waals surface area (Å²) in [5, 5.41) is 0. The van der Waals surface area contributed by atoms with Crippen LogP contribution in [0.1, 0.15) is 25.8 Å². The summed E-state index contributed by atoms with van der Waals surface area (Å²) >= 11 is 0. The Morgan fingerprint density at radius 3 is 2.16 bits per heavy atom. The fourth-order valence-corrected chi connectivity index (χ4v) is 1.63. The second-order valence-corrected chi connectivity index (χ2v) is 4.46. The second-order valence-electron chi connectivity index (χ2n) is 4.46. The van der Waals surface area contributed by atoms with Crippen molar-refractivity contribution < 1.29 is 4.74 Å². The summed E-state index contributed by atoms with van der Waals surface area (Å²) in [7, 11) is 0. The Bertz CT molecular complexity index is 519. The first-order chi connectivity index (χ1) is 9.29. The number of rotatable bonds is 4. The van der Waals surface area contributed by atoms with Gasteiger partial charge in [0.05, 0.1) is 11.8 Å². The number of para-hydroxylation sites is 1. The second kappa shape index (κ2) is 6.74. The van der Waals surface area contributed by atoms with E-state index in [0.29, 0.717) is 5.90 Å². The van der Waals surface area contributed by atoms with Gasteiger partial charge in [0.25, 0.3) is 0 Å². The van der Waals surface area contributed by atoms with E-state index in [1.54, 1.807) is 0 Å². The summed E-state index contributed by atoms with van der Waals surface area (Å²) in [5.74, 6) is 0.682. The highest BCUT2D eigenvalue weighted by Gasteiger charge is 2.08. The van der Waals surface area contributed by atoms with Crippen LogP contribution in [0.5, 0.6) is 0 Å². The van der Waals surface area contributed by atoms with Crippen LogP contribution in [0.4, 0.5) is 5.69 Å². The van der Waals surface area contributed by atoms with Gasteiger partial charge >= 0.3 is 0 Å². The Balaban J connectivity index is 2.32. The van der Waals surface area contributed by atoms with Crippen LogP contribution in [0, 0.1) is 0 Å². The number of hydrogen-bond donors (Lipinski definition) is 0. The van der Waals surface area contributed by atoms with E-state index >= 15 is 0 Å². The number of ether oxygens (including phenoxy) is 1. The van der Waals surface area contributed by atoms with Gasteiger partial charge in [-0.25, -0.2) is 4.99 Å². The fourth-order valence-electron chi connectivity index (χ4n) is 1.63. The molecule has 0 heterocycles. The summed E-state index contributed by atoms with van der Waals surface area (Å²) in [4.78, 5) is 4.61. The third-order valence-corrected chi connectivity index (χ3v) is 2.90. The van der Waals surface area contributed by atoms with Crippen molar-refractivity contribution in [1.29, 1.82) is 0 Å². The first-order valence-corrected chi connectivity index (χ1v) is 6.65. The molecule has 0 aliphatic heterocycles. The van der Waals surface area contributed by atoms with E-state index in [9.17, 15) is 0 Å². The van der Waals surface area contributed by atoms with Crippen LogP contribution in [0.3, 0.4) is 0 Å². The van der Waals surface area contributed by atoms with E-state index < -0.39 is 0 Å². The quantitative estimate of drug-likeness (QED) is 0.577. The predicted octanol–water partition coefficient (Wildman–Crippen LogP) is 4.58. The van der Waals surface area contributed by atoms with Crippen molar-refractivity contribution in [2.24, 2.45) is 4.99 Å². The maximum absolute atomic E-state index is 5.94. The lowest BCUT2D eigenvalue weighted by Gasteiger charge is -2.15. The lowest BCUT2D eigenvalue weighted by molar-refractivity contribution is 0.205. The average molecular weight is 253 g/mol. The molecule has 2 aromatic carbocycles. The molecule has 0 aliphatic carbocycles. The van der Waals surface area contributed by atoms with E-state index in [0.717, 1.165) is 17.7 Å². The van der Waals surface area contributed by atoms with Crippen LogP contribution < -0.4 is 0 Å². The maximum atomic E-state index is 5.94. The summed E-state index contributed by atoms with van der Waals surface area (Å²) in [6.07, 6.45) is 1.11. The third kappa shape index (κ3) is 3.95. The van der Waals surface area contributed by atoms with Crippen LogP contribution in [0.15, 0.2) is 65.7 Å². The summed E-state index contributed by atoms with van der Waals surface area (Å²) < 4.78 is 5.94. The monoisotopic (exact) mass is 253 g/mol. The number of nitrogens with zero attached hydrogens (tertiary/aromatic N) is 1. The number of benzene rings is 2. The molecule has 0 N–H and O–H groups in total. The molecule has 0 aromatic heterocycles. The van der Waals surface area contributed by atoms with Gasteiger partial charge in [-0.2, -0.15) is 0 Å². The van der Waals surface area contributed by atoms with Gasteiger partial charge < -0.3 is 4.74 Å². The standard InChI is InChI=1S/C17H19NO/c1-3-14(2)19-17(15-10-6-4-7-11-15)18-16-12-8-5-9-13-16/h4-14H,3H2,1-2H3. The van der Waals surface area contributed by atoms with Gasteiger partial charge in [0.15, 0.2) is 0 Å². The van der Waals surface area contributed by atoms with Crippen molar-refractivity contribution in [3.63, 3.8) is 0 Å². The van der Waals surface area contributed by atoms with Crippen LogP contribution in [0.25, 0.3) is 0 Å². The molecular weight excluding hydrogens is 234 g/mol. The minimum atomic E-state index is 0.155. The lowest BCUT2D eigenvalue weighted by Crippen LogP contribution is -2.14. The van der Waals surface area contributed by atoms with Crippen LogP contribution in [-0.2, 0) is 4.74 Å². The number of aliphatic imine (C=N–C) groups is 1. The van der Waals surface area contributed by atoms with Crippen LogP contribution >= 0.6 is 0 Å². The Labute approximate surface area is 114 Å². The predicted molar refractivity (Wildman–Crippen MR) is 79.9 cm³/mol. The third-order valence-electron chi connectivity index (χ3n) is 2.90. The van der Waals surface area contributed by atoms with Gasteiger partial charge in [-0.1, -0.05) is 43.3 Å². The molecule has 1 unspecified atom stereocenters. The highest BCUT2D eigenvalue weighted by Crippen LogP contribution is 2.15. The summed E-state index contributed by atoms with van der Waals surface area (Å²) in [5.41, 5.74) is 1.91. The molecule has 0 aliphatic rings. The lowest BCUT2D eigenvalue weighted by atomic mass is 10.2. The van der Waals surface area contributed by atoms with Gasteiger partial charge in [0.1, 0.15) is 0 Å². The Morgan fingerprint density at radius 2 is 1.58 bits per heavy atom. The Kier molecular flexibility index (Phi) is 4.73. The normalized spacial score (nSPS) is 13.1. The molecule has 19 heavy (non-hydrogen) atoms. The molecule has 2 nitrogen and oxygen atoms in total. The molecule has 2 rings (SSSR count). The smallest absolute Gasteiger partial charge is 0.221 e. The fraction of sp³-hybridized carbons (Fsp3) is 0.235. The van der Waals surface area contributed by atoms with E-state index in [2.05, 4.69) is 18.8 Å². The van der Waals surface area contributed by atoms with E-state index in [1.807, 2.05) is 60.7 Å². The summed E-state index contributed by atoms with van der Waals surface area (Å²) in [6.45, 7) is 4.17. The van der Waals surface area contributed by atoms with Gasteiger partial charge in [0, 0.05) is 5.56 Å². The molecule has 0 bridgehead atoms. The molecular formula is C17H19NO. The molecule has 1 atom stereocenters. The molecule has 0 spiro atoms. The minimum absolute atomic E-state index is 0.155. The van der Waals surface area contributed by atoms with Gasteiger partial charge in [-0.15, -0.1) is 0 Å². The highest BCUT2D eigenvalue weighted by atomic mass is 16.5. The molecule has 0 saturated heterocycles. The topological polar surface area (TPSA) is 21.6 Å². The Hall–Kier alpha value is -2.09. The van der Waals surface area contributed by atoms with Gasteiger partial charge in [-0.3, -0.25) is 0 Å². The van der Waals surface area contributed by atoms with Crippen molar-refractivity contribution >= 4 is 11.6 Å². The average Bonchev–Trinajstić information content (AvgIpc) is 2.48. The molecule has 2 heteroatoms. The first-order valence-electron chi connectivity index (χ1n) is 6.65. The van der Waals surface area contributed by atoms with E-state index in [4.69, 9.17) is 4.74 Å². The minimum Gasteiger partial charge on any atom is -0.474 e. The molecule has 0 saturated carbocycles. The zero-order chi connectivity index (χ0) is 13.5. The van der Waals surface area contributed by atoms with Crippen molar-refractivity contribution in [3.8, 4) is 0 Å². The Morgan fingerprint density at radius 1 is 1.00 bits per heavy atom. The van der Waals surface area contributed by atoms with Gasteiger partial charge in [-0.05, 0) is 37.6 Å².